The van der Waals surface area contributed by atoms with Gasteiger partial charge in [0.25, 0.3) is 0 Å². The van der Waals surface area contributed by atoms with Gasteiger partial charge >= 0.3 is 0 Å². The maximum Gasteiger partial charge on any atom is 0.192 e. The van der Waals surface area contributed by atoms with Crippen LogP contribution in [0.15, 0.2) is 48.6 Å². The normalized spacial score (nSPS) is 10.7. The van der Waals surface area contributed by atoms with E-state index in [4.69, 9.17) is 4.74 Å². The Morgan fingerprint density at radius 2 is 1.74 bits per heavy atom. The van der Waals surface area contributed by atoms with Gasteiger partial charge in [-0.3, -0.25) is 4.79 Å². The Hall–Kier alpha value is -2.81. The molecule has 3 heteroatoms. The summed E-state index contributed by atoms with van der Waals surface area (Å²) in [4.78, 5) is 12.2. The lowest BCUT2D eigenvalue weighted by atomic mass is 10.0. The van der Waals surface area contributed by atoms with E-state index in [2.05, 4.69) is 6.58 Å². The van der Waals surface area contributed by atoms with Crippen molar-refractivity contribution in [3.05, 3.63) is 70.8 Å². The number of rotatable bonds is 5. The number of phenols is 1. The average molecular weight is 308 g/mol. The molecule has 0 bridgehead atoms. The molecule has 0 aliphatic carbocycles. The van der Waals surface area contributed by atoms with E-state index in [0.717, 1.165) is 11.1 Å². The molecule has 0 saturated carbocycles. The van der Waals surface area contributed by atoms with Crippen LogP contribution in [0.1, 0.15) is 34.0 Å². The van der Waals surface area contributed by atoms with Crippen molar-refractivity contribution in [2.24, 2.45) is 0 Å². The van der Waals surface area contributed by atoms with Crippen molar-refractivity contribution >= 4 is 17.9 Å². The first-order valence-corrected chi connectivity index (χ1v) is 7.28. The second-order valence-electron chi connectivity index (χ2n) is 5.47. The van der Waals surface area contributed by atoms with Gasteiger partial charge in [-0.1, -0.05) is 48.6 Å². The van der Waals surface area contributed by atoms with Gasteiger partial charge in [-0.05, 0) is 42.7 Å². The molecule has 2 aromatic carbocycles. The smallest absolute Gasteiger partial charge is 0.192 e. The third-order valence-corrected chi connectivity index (χ3v) is 3.50. The zero-order valence-corrected chi connectivity index (χ0v) is 13.6. The van der Waals surface area contributed by atoms with Gasteiger partial charge in [-0.25, -0.2) is 0 Å². The maximum absolute atomic E-state index is 12.2. The molecule has 0 unspecified atom stereocenters. The fourth-order valence-corrected chi connectivity index (χ4v) is 2.15. The zero-order chi connectivity index (χ0) is 17.0. The highest BCUT2D eigenvalue weighted by Gasteiger charge is 2.16. The molecule has 23 heavy (non-hydrogen) atoms. The van der Waals surface area contributed by atoms with Crippen LogP contribution in [-0.4, -0.2) is 18.0 Å². The third-order valence-electron chi connectivity index (χ3n) is 3.50. The lowest BCUT2D eigenvalue weighted by molar-refractivity contribution is 0.103. The fraction of sp³-hybridized carbons (Fsp3) is 0.150. The van der Waals surface area contributed by atoms with E-state index in [1.54, 1.807) is 19.1 Å². The molecular weight excluding hydrogens is 288 g/mol. The number of allylic oxidation sites excluding steroid dienone is 1. The van der Waals surface area contributed by atoms with Crippen LogP contribution < -0.4 is 4.74 Å². The fourth-order valence-electron chi connectivity index (χ4n) is 2.15. The van der Waals surface area contributed by atoms with Crippen LogP contribution in [0.3, 0.4) is 0 Å². The molecule has 0 amide bonds. The Morgan fingerprint density at radius 1 is 1.13 bits per heavy atom. The molecule has 0 atom stereocenters. The molecule has 0 radical (unpaired) electrons. The summed E-state index contributed by atoms with van der Waals surface area (Å²) in [6.45, 7) is 7.29. The van der Waals surface area contributed by atoms with Gasteiger partial charge in [-0.15, -0.1) is 0 Å². The van der Waals surface area contributed by atoms with Gasteiger partial charge in [0.05, 0.1) is 12.7 Å². The van der Waals surface area contributed by atoms with E-state index in [0.29, 0.717) is 5.57 Å². The minimum absolute atomic E-state index is 0.159. The van der Waals surface area contributed by atoms with E-state index < -0.39 is 0 Å². The van der Waals surface area contributed by atoms with Crippen LogP contribution in [0, 0.1) is 6.92 Å². The second kappa shape index (κ2) is 6.97. The molecule has 2 aromatic rings. The minimum atomic E-state index is -0.300. The van der Waals surface area contributed by atoms with Crippen molar-refractivity contribution in [1.82, 2.24) is 0 Å². The summed E-state index contributed by atoms with van der Waals surface area (Å²) in [5.74, 6) is -0.194. The quantitative estimate of drug-likeness (QED) is 0.497. The molecular formula is C20H20O3. The molecule has 0 aliphatic rings. The highest BCUT2D eigenvalue weighted by Crippen LogP contribution is 2.33. The molecule has 0 aromatic heterocycles. The number of ether oxygens (including phenoxy) is 1. The summed E-state index contributed by atoms with van der Waals surface area (Å²) < 4.78 is 5.16. The van der Waals surface area contributed by atoms with Crippen LogP contribution in [0.5, 0.6) is 11.5 Å². The van der Waals surface area contributed by atoms with E-state index in [-0.39, 0.29) is 22.8 Å². The summed E-state index contributed by atoms with van der Waals surface area (Å²) >= 11 is 0. The van der Waals surface area contributed by atoms with Crippen molar-refractivity contribution in [3.63, 3.8) is 0 Å². The largest absolute Gasteiger partial charge is 0.504 e. The van der Waals surface area contributed by atoms with Crippen LogP contribution in [-0.2, 0) is 0 Å². The first-order chi connectivity index (χ1) is 10.9. The van der Waals surface area contributed by atoms with Crippen molar-refractivity contribution in [2.75, 3.05) is 7.11 Å². The summed E-state index contributed by atoms with van der Waals surface area (Å²) in [6.07, 6.45) is 3.82. The van der Waals surface area contributed by atoms with Crippen molar-refractivity contribution in [2.45, 2.75) is 13.8 Å². The van der Waals surface area contributed by atoms with E-state index >= 15 is 0 Å². The molecule has 0 heterocycles. The standard InChI is InChI=1S/C20H20O3/c1-13(2)19(21)17-11-16(12-18(23-4)20(17)22)10-9-15-7-5-14(3)6-8-15/h5-12,22H,1H2,2-4H3/b10-9+. The predicted octanol–water partition coefficient (Wildman–Crippen LogP) is 4.64. The first kappa shape index (κ1) is 16.6. The number of carbonyl (C=O) groups is 1. The number of carbonyl (C=O) groups excluding carboxylic acids is 1. The molecule has 0 fully saturated rings. The van der Waals surface area contributed by atoms with Crippen LogP contribution in [0.4, 0.5) is 0 Å². The average Bonchev–Trinajstić information content (AvgIpc) is 2.54. The summed E-state index contributed by atoms with van der Waals surface area (Å²) in [5, 5.41) is 10.1. The van der Waals surface area contributed by atoms with Gasteiger partial charge in [0.1, 0.15) is 0 Å². The topological polar surface area (TPSA) is 46.5 Å². The van der Waals surface area contributed by atoms with E-state index in [9.17, 15) is 9.90 Å². The summed E-state index contributed by atoms with van der Waals surface area (Å²) in [7, 11) is 1.46. The number of phenolic OH excluding ortho intramolecular Hbond substituents is 1. The van der Waals surface area contributed by atoms with Crippen molar-refractivity contribution in [3.8, 4) is 11.5 Å². The maximum atomic E-state index is 12.2. The monoisotopic (exact) mass is 308 g/mol. The molecule has 118 valence electrons. The summed E-state index contributed by atoms with van der Waals surface area (Å²) in [5.41, 5.74) is 3.57. The van der Waals surface area contributed by atoms with Gasteiger partial charge < -0.3 is 9.84 Å². The molecule has 0 saturated heterocycles. The Kier molecular flexibility index (Phi) is 5.02. The Morgan fingerprint density at radius 3 is 2.30 bits per heavy atom. The van der Waals surface area contributed by atoms with Gasteiger partial charge in [-0.2, -0.15) is 0 Å². The number of benzene rings is 2. The van der Waals surface area contributed by atoms with Gasteiger partial charge in [0, 0.05) is 0 Å². The SMILES string of the molecule is C=C(C)C(=O)c1cc(/C=C/c2ccc(C)cc2)cc(OC)c1O. The number of hydrogen-bond donors (Lipinski definition) is 1. The van der Waals surface area contributed by atoms with Crippen molar-refractivity contribution < 1.29 is 14.6 Å². The minimum Gasteiger partial charge on any atom is -0.504 e. The lowest BCUT2D eigenvalue weighted by Gasteiger charge is -2.10. The van der Waals surface area contributed by atoms with E-state index in [1.807, 2.05) is 43.3 Å². The molecule has 0 spiro atoms. The number of ketones is 1. The first-order valence-electron chi connectivity index (χ1n) is 7.28. The van der Waals surface area contributed by atoms with Gasteiger partial charge in [0.15, 0.2) is 17.3 Å². The van der Waals surface area contributed by atoms with Gasteiger partial charge in [0.2, 0.25) is 0 Å². The Balaban J connectivity index is 2.42. The second-order valence-corrected chi connectivity index (χ2v) is 5.47. The molecule has 1 N–H and O–H groups in total. The molecule has 2 rings (SSSR count). The van der Waals surface area contributed by atoms with Crippen molar-refractivity contribution in [1.29, 1.82) is 0 Å². The Labute approximate surface area is 136 Å². The predicted molar refractivity (Wildman–Crippen MR) is 93.9 cm³/mol. The highest BCUT2D eigenvalue weighted by molar-refractivity contribution is 6.10. The number of hydrogen-bond acceptors (Lipinski definition) is 3. The molecule has 0 aliphatic heterocycles. The zero-order valence-electron chi connectivity index (χ0n) is 13.6. The Bertz CT molecular complexity index is 768. The van der Waals surface area contributed by atoms with Crippen LogP contribution in [0.2, 0.25) is 0 Å². The number of methoxy groups -OCH3 is 1. The number of Topliss-reactive ketones (excluding diaryl/α,β-unsaturated/α-hetero) is 1. The van der Waals surface area contributed by atoms with E-state index in [1.165, 1.54) is 12.7 Å². The molecule has 3 nitrogen and oxygen atoms in total. The van der Waals surface area contributed by atoms with Crippen LogP contribution in [0.25, 0.3) is 12.2 Å². The summed E-state index contributed by atoms with van der Waals surface area (Å²) in [6, 6.07) is 11.4. The lowest BCUT2D eigenvalue weighted by Crippen LogP contribution is -2.02. The number of aryl methyl sites for hydroxylation is 1. The van der Waals surface area contributed by atoms with Crippen LogP contribution >= 0.6 is 0 Å². The highest BCUT2D eigenvalue weighted by atomic mass is 16.5. The number of aromatic hydroxyl groups is 1. The third kappa shape index (κ3) is 3.89.